The van der Waals surface area contributed by atoms with E-state index in [1.807, 2.05) is 20.8 Å². The Kier molecular flexibility index (Phi) is 8.88. The lowest BCUT2D eigenvalue weighted by Gasteiger charge is -2.35. The lowest BCUT2D eigenvalue weighted by Crippen LogP contribution is -2.56. The molecule has 0 radical (unpaired) electrons. The number of carbonyl (C=O) groups excluding carboxylic acids is 2. The van der Waals surface area contributed by atoms with Crippen molar-refractivity contribution in [3.63, 3.8) is 0 Å². The molecule has 9 heteroatoms. The summed E-state index contributed by atoms with van der Waals surface area (Å²) < 4.78 is 32.3. The van der Waals surface area contributed by atoms with Crippen molar-refractivity contribution in [1.29, 1.82) is 0 Å². The van der Waals surface area contributed by atoms with Crippen LogP contribution in [0.15, 0.2) is 35.2 Å². The second-order valence-electron chi connectivity index (χ2n) is 9.06. The Morgan fingerprint density at radius 1 is 1.03 bits per heavy atom. The highest BCUT2D eigenvalue weighted by molar-refractivity contribution is 7.89. The van der Waals surface area contributed by atoms with Crippen molar-refractivity contribution in [1.82, 2.24) is 15.4 Å². The summed E-state index contributed by atoms with van der Waals surface area (Å²) in [5, 5.41) is 5.87. The smallest absolute Gasteiger partial charge is 0.408 e. The van der Waals surface area contributed by atoms with Gasteiger partial charge in [-0.1, -0.05) is 43.9 Å². The van der Waals surface area contributed by atoms with Gasteiger partial charge in [0, 0.05) is 19.5 Å². The molecule has 3 N–H and O–H groups in total. The molecule has 2 rings (SSSR count). The lowest BCUT2D eigenvalue weighted by atomic mass is 9.90. The molecule has 1 aliphatic rings. The molecule has 0 heterocycles. The molecular weight excluding hydrogens is 418 g/mol. The van der Waals surface area contributed by atoms with Crippen molar-refractivity contribution in [2.45, 2.75) is 81.8 Å². The van der Waals surface area contributed by atoms with Crippen LogP contribution in [-0.2, 0) is 19.6 Å². The van der Waals surface area contributed by atoms with Crippen LogP contribution in [0.2, 0.25) is 0 Å². The monoisotopic (exact) mass is 453 g/mol. The Morgan fingerprint density at radius 2 is 1.65 bits per heavy atom. The highest BCUT2D eigenvalue weighted by Crippen LogP contribution is 2.27. The lowest BCUT2D eigenvalue weighted by molar-refractivity contribution is -0.121. The molecule has 1 aromatic rings. The Hall–Kier alpha value is -2.13. The third kappa shape index (κ3) is 8.86. The van der Waals surface area contributed by atoms with Crippen LogP contribution in [-0.4, -0.2) is 44.6 Å². The molecule has 0 atom stereocenters. The number of benzene rings is 1. The van der Waals surface area contributed by atoms with Gasteiger partial charge in [0.1, 0.15) is 5.60 Å². The molecule has 1 saturated carbocycles. The van der Waals surface area contributed by atoms with Gasteiger partial charge in [-0.15, -0.1) is 0 Å². The topological polar surface area (TPSA) is 114 Å². The van der Waals surface area contributed by atoms with E-state index in [-0.39, 0.29) is 30.3 Å². The van der Waals surface area contributed by atoms with E-state index in [4.69, 9.17) is 4.74 Å². The van der Waals surface area contributed by atoms with Crippen LogP contribution >= 0.6 is 0 Å². The van der Waals surface area contributed by atoms with Crippen molar-refractivity contribution in [3.8, 4) is 0 Å². The van der Waals surface area contributed by atoms with E-state index in [0.29, 0.717) is 0 Å². The number of carbonyl (C=O) groups is 2. The molecule has 1 aliphatic carbocycles. The zero-order valence-corrected chi connectivity index (χ0v) is 19.5. The molecular formula is C22H35N3O5S. The van der Waals surface area contributed by atoms with E-state index >= 15 is 0 Å². The van der Waals surface area contributed by atoms with Crippen LogP contribution < -0.4 is 15.4 Å². The number of hydrogen-bond acceptors (Lipinski definition) is 5. The third-order valence-electron chi connectivity index (χ3n) is 5.15. The SMILES string of the molecule is CC(C)(C)OC(=O)NC1(CNC(=O)CCNS(=O)(=O)c2ccccc2)CCCCCC1. The summed E-state index contributed by atoms with van der Waals surface area (Å²) in [6.07, 6.45) is 5.14. The molecule has 0 bridgehead atoms. The van der Waals surface area contributed by atoms with E-state index in [2.05, 4.69) is 15.4 Å². The van der Waals surface area contributed by atoms with Gasteiger partial charge < -0.3 is 15.4 Å². The summed E-state index contributed by atoms with van der Waals surface area (Å²) in [5.74, 6) is -0.273. The van der Waals surface area contributed by atoms with Gasteiger partial charge in [0.05, 0.1) is 10.4 Å². The quantitative estimate of drug-likeness (QED) is 0.524. The Morgan fingerprint density at radius 3 is 2.23 bits per heavy atom. The molecule has 0 saturated heterocycles. The molecule has 8 nitrogen and oxygen atoms in total. The fourth-order valence-corrected chi connectivity index (χ4v) is 4.66. The van der Waals surface area contributed by atoms with E-state index in [9.17, 15) is 18.0 Å². The molecule has 31 heavy (non-hydrogen) atoms. The maximum atomic E-state index is 12.4. The van der Waals surface area contributed by atoms with Gasteiger partial charge in [-0.25, -0.2) is 17.9 Å². The fourth-order valence-electron chi connectivity index (χ4n) is 3.61. The minimum Gasteiger partial charge on any atom is -0.444 e. The standard InChI is InChI=1S/C22H35N3O5S/c1-21(2,3)30-20(27)25-22(14-9-4-5-10-15-22)17-23-19(26)13-16-24-31(28,29)18-11-7-6-8-12-18/h6-8,11-12,24H,4-5,9-10,13-17H2,1-3H3,(H,23,26)(H,25,27). The number of rotatable bonds is 8. The molecule has 2 amide bonds. The zero-order valence-electron chi connectivity index (χ0n) is 18.7. The summed E-state index contributed by atoms with van der Waals surface area (Å²) in [6.45, 7) is 5.71. The van der Waals surface area contributed by atoms with Gasteiger partial charge >= 0.3 is 6.09 Å². The second kappa shape index (κ2) is 10.9. The second-order valence-corrected chi connectivity index (χ2v) is 10.8. The van der Waals surface area contributed by atoms with E-state index in [0.717, 1.165) is 38.5 Å². The highest BCUT2D eigenvalue weighted by Gasteiger charge is 2.34. The average Bonchev–Trinajstić information content (AvgIpc) is 2.91. The fraction of sp³-hybridized carbons (Fsp3) is 0.636. The minimum atomic E-state index is -3.65. The minimum absolute atomic E-state index is 0.00441. The van der Waals surface area contributed by atoms with Crippen LogP contribution in [0.1, 0.15) is 65.7 Å². The molecule has 0 aromatic heterocycles. The largest absolute Gasteiger partial charge is 0.444 e. The maximum Gasteiger partial charge on any atom is 0.408 e. The first kappa shape index (κ1) is 25.1. The number of alkyl carbamates (subject to hydrolysis) is 1. The normalized spacial score (nSPS) is 16.7. The summed E-state index contributed by atoms with van der Waals surface area (Å²) in [4.78, 5) is 24.9. The number of sulfonamides is 1. The van der Waals surface area contributed by atoms with E-state index < -0.39 is 27.3 Å². The summed E-state index contributed by atoms with van der Waals surface area (Å²) in [6, 6.07) is 8.03. The van der Waals surface area contributed by atoms with Gasteiger partial charge in [0.2, 0.25) is 15.9 Å². The van der Waals surface area contributed by atoms with Crippen molar-refractivity contribution in [3.05, 3.63) is 30.3 Å². The highest BCUT2D eigenvalue weighted by atomic mass is 32.2. The van der Waals surface area contributed by atoms with Crippen LogP contribution in [0.5, 0.6) is 0 Å². The molecule has 1 aromatic carbocycles. The van der Waals surface area contributed by atoms with Gasteiger partial charge in [-0.05, 0) is 45.7 Å². The van der Waals surface area contributed by atoms with Gasteiger partial charge in [0.15, 0.2) is 0 Å². The zero-order chi connectivity index (χ0) is 23.0. The van der Waals surface area contributed by atoms with Crippen LogP contribution in [0, 0.1) is 0 Å². The van der Waals surface area contributed by atoms with Gasteiger partial charge in [-0.2, -0.15) is 0 Å². The number of ether oxygens (including phenoxy) is 1. The van der Waals surface area contributed by atoms with Crippen LogP contribution in [0.25, 0.3) is 0 Å². The summed E-state index contributed by atoms with van der Waals surface area (Å²) in [7, 11) is -3.65. The molecule has 174 valence electrons. The van der Waals surface area contributed by atoms with Crippen LogP contribution in [0.4, 0.5) is 4.79 Å². The number of hydrogen-bond donors (Lipinski definition) is 3. The summed E-state index contributed by atoms with van der Waals surface area (Å²) >= 11 is 0. The van der Waals surface area contributed by atoms with Crippen molar-refractivity contribution >= 4 is 22.0 Å². The number of nitrogens with one attached hydrogen (secondary N) is 3. The Labute approximate surface area is 185 Å². The van der Waals surface area contributed by atoms with Crippen molar-refractivity contribution in [2.24, 2.45) is 0 Å². The Balaban J connectivity index is 1.88. The number of amides is 2. The van der Waals surface area contributed by atoms with E-state index in [1.165, 1.54) is 12.1 Å². The average molecular weight is 454 g/mol. The van der Waals surface area contributed by atoms with E-state index in [1.54, 1.807) is 18.2 Å². The van der Waals surface area contributed by atoms with Gasteiger partial charge in [-0.3, -0.25) is 4.79 Å². The third-order valence-corrected chi connectivity index (χ3v) is 6.63. The maximum absolute atomic E-state index is 12.4. The summed E-state index contributed by atoms with van der Waals surface area (Å²) in [5.41, 5.74) is -1.16. The molecule has 0 unspecified atom stereocenters. The first-order chi connectivity index (χ1) is 14.5. The molecule has 0 aliphatic heterocycles. The molecule has 0 spiro atoms. The van der Waals surface area contributed by atoms with Crippen molar-refractivity contribution in [2.75, 3.05) is 13.1 Å². The first-order valence-electron chi connectivity index (χ1n) is 10.8. The Bertz CT molecular complexity index is 826. The first-order valence-corrected chi connectivity index (χ1v) is 12.3. The predicted molar refractivity (Wildman–Crippen MR) is 119 cm³/mol. The van der Waals surface area contributed by atoms with Crippen LogP contribution in [0.3, 0.4) is 0 Å². The predicted octanol–water partition coefficient (Wildman–Crippen LogP) is 3.09. The van der Waals surface area contributed by atoms with Gasteiger partial charge in [0.25, 0.3) is 0 Å². The molecule has 1 fully saturated rings. The van der Waals surface area contributed by atoms with Crippen molar-refractivity contribution < 1.29 is 22.7 Å².